The first-order valence-corrected chi connectivity index (χ1v) is 2.47. The topological polar surface area (TPSA) is 83.5 Å². The summed E-state index contributed by atoms with van der Waals surface area (Å²) in [6.07, 6.45) is 0. The molecule has 0 saturated carbocycles. The van der Waals surface area contributed by atoms with Crippen LogP contribution >= 0.6 is 0 Å². The Balaban J connectivity index is 0. The largest absolute Gasteiger partial charge is 1.00 e. The van der Waals surface area contributed by atoms with Crippen LogP contribution in [0.2, 0.25) is 0 Å². The Morgan fingerprint density at radius 3 is 1.88 bits per heavy atom. The molecule has 0 aromatic heterocycles. The Morgan fingerprint density at radius 1 is 1.50 bits per heavy atom. The molecule has 5 nitrogen and oxygen atoms in total. The molecule has 0 amide bonds. The molecule has 0 N–H and O–H groups in total. The van der Waals surface area contributed by atoms with E-state index in [9.17, 15) is 13.0 Å². The first-order chi connectivity index (χ1) is 3.06. The molecular weight excluding hydrogens is 147 g/mol. The summed E-state index contributed by atoms with van der Waals surface area (Å²) < 4.78 is 30.6. The van der Waals surface area contributed by atoms with Gasteiger partial charge in [-0.25, -0.2) is 8.42 Å². The zero-order valence-electron chi connectivity index (χ0n) is 4.03. The summed E-state index contributed by atoms with van der Waals surface area (Å²) in [5.41, 5.74) is 0. The quantitative estimate of drug-likeness (QED) is 0.171. The molecule has 0 aliphatic heterocycles. The summed E-state index contributed by atoms with van der Waals surface area (Å²) in [6, 6.07) is 0. The second kappa shape index (κ2) is 4.28. The van der Waals surface area contributed by atoms with Crippen molar-refractivity contribution < 1.29 is 51.5 Å². The second-order valence-electron chi connectivity index (χ2n) is 0.601. The fourth-order valence-corrected chi connectivity index (χ4v) is 0.144. The number of hydrogen-bond donors (Lipinski definition) is 0. The standard InChI is InChI=1S/CH2O5S.Na/c2-1-6-7(3,4)5;/h1H,(H,3,4,5);/q;+1/p-1. The van der Waals surface area contributed by atoms with Gasteiger partial charge in [-0.05, 0) is 0 Å². The van der Waals surface area contributed by atoms with Gasteiger partial charge in [0, 0.05) is 0 Å². The summed E-state index contributed by atoms with van der Waals surface area (Å²) >= 11 is 0. The van der Waals surface area contributed by atoms with Crippen LogP contribution in [0.4, 0.5) is 0 Å². The van der Waals surface area contributed by atoms with Gasteiger partial charge in [-0.2, -0.15) is 0 Å². The smallest absolute Gasteiger partial charge is 0.716 e. The van der Waals surface area contributed by atoms with E-state index in [0.717, 1.165) is 0 Å². The molecule has 0 heterocycles. The van der Waals surface area contributed by atoms with E-state index in [1.165, 1.54) is 0 Å². The van der Waals surface area contributed by atoms with E-state index in [0.29, 0.717) is 0 Å². The van der Waals surface area contributed by atoms with E-state index in [1.54, 1.807) is 0 Å². The molecule has 0 aliphatic carbocycles. The molecule has 0 radical (unpaired) electrons. The number of carbonyl (C=O) groups excluding carboxylic acids is 1. The molecule has 0 fully saturated rings. The van der Waals surface area contributed by atoms with Gasteiger partial charge in [0.25, 0.3) is 10.4 Å². The minimum Gasteiger partial charge on any atom is -0.716 e. The third kappa shape index (κ3) is 9.63. The van der Waals surface area contributed by atoms with E-state index in [4.69, 9.17) is 4.79 Å². The minimum absolute atomic E-state index is 0. The number of carbonyl (C=O) groups is 1. The Kier molecular flexibility index (Phi) is 6.00. The molecule has 0 rings (SSSR count). The van der Waals surface area contributed by atoms with Gasteiger partial charge in [-0.15, -0.1) is 0 Å². The van der Waals surface area contributed by atoms with E-state index in [1.807, 2.05) is 0 Å². The molecule has 7 heteroatoms. The van der Waals surface area contributed by atoms with Crippen molar-refractivity contribution >= 4 is 16.9 Å². The molecule has 0 aromatic rings. The maximum Gasteiger partial charge on any atom is 1.00 e. The van der Waals surface area contributed by atoms with Crippen molar-refractivity contribution in [3.63, 3.8) is 0 Å². The molecule has 0 aromatic carbocycles. The Labute approximate surface area is 68.3 Å². The van der Waals surface area contributed by atoms with Crippen molar-refractivity contribution in [2.24, 2.45) is 0 Å². The van der Waals surface area contributed by atoms with Gasteiger partial charge in [-0.1, -0.05) is 0 Å². The Bertz CT molecular complexity index is 146. The maximum atomic E-state index is 9.22. The third-order valence-electron chi connectivity index (χ3n) is 0.157. The molecule has 8 heavy (non-hydrogen) atoms. The van der Waals surface area contributed by atoms with E-state index in [2.05, 4.69) is 4.18 Å². The zero-order valence-corrected chi connectivity index (χ0v) is 6.84. The second-order valence-corrected chi connectivity index (χ2v) is 1.61. The van der Waals surface area contributed by atoms with Gasteiger partial charge >= 0.3 is 36.0 Å². The van der Waals surface area contributed by atoms with Gasteiger partial charge < -0.3 is 8.74 Å². The molecule has 0 spiro atoms. The van der Waals surface area contributed by atoms with Gasteiger partial charge in [0.05, 0.1) is 0 Å². The van der Waals surface area contributed by atoms with Crippen LogP contribution in [-0.2, 0) is 19.4 Å². The SMILES string of the molecule is O=COS(=O)(=O)[O-].[Na+]. The molecule has 42 valence electrons. The number of hydrogen-bond acceptors (Lipinski definition) is 5. The predicted molar refractivity (Wildman–Crippen MR) is 16.8 cm³/mol. The average Bonchev–Trinajstić information content (AvgIpc) is 1.30. The van der Waals surface area contributed by atoms with Crippen LogP contribution in [0.1, 0.15) is 0 Å². The van der Waals surface area contributed by atoms with Crippen molar-refractivity contribution in [2.75, 3.05) is 0 Å². The summed E-state index contributed by atoms with van der Waals surface area (Å²) in [6.45, 7) is -0.442. The molecular formula is CHNaO5S. The molecule has 0 saturated heterocycles. The monoisotopic (exact) mass is 148 g/mol. The van der Waals surface area contributed by atoms with Crippen LogP contribution < -0.4 is 29.6 Å². The number of rotatable bonds is 2. The van der Waals surface area contributed by atoms with Crippen molar-refractivity contribution in [3.8, 4) is 0 Å². The van der Waals surface area contributed by atoms with Crippen LogP contribution in [0.3, 0.4) is 0 Å². The zero-order chi connectivity index (χ0) is 5.91. The van der Waals surface area contributed by atoms with Gasteiger partial charge in [0.1, 0.15) is 0 Å². The Hall–Kier alpha value is 0.380. The van der Waals surface area contributed by atoms with E-state index < -0.39 is 16.9 Å². The predicted octanol–water partition coefficient (Wildman–Crippen LogP) is -4.38. The van der Waals surface area contributed by atoms with Gasteiger partial charge in [-0.3, -0.25) is 4.79 Å². The Morgan fingerprint density at radius 2 is 1.88 bits per heavy atom. The van der Waals surface area contributed by atoms with Crippen LogP contribution in [0, 0.1) is 0 Å². The fraction of sp³-hybridized carbons (Fsp3) is 0. The van der Waals surface area contributed by atoms with Gasteiger partial charge in [0.15, 0.2) is 0 Å². The summed E-state index contributed by atoms with van der Waals surface area (Å²) in [7, 11) is -4.79. The van der Waals surface area contributed by atoms with Crippen LogP contribution in [0.15, 0.2) is 0 Å². The summed E-state index contributed by atoms with van der Waals surface area (Å²) in [5, 5.41) is 0. The first kappa shape index (κ1) is 11.2. The van der Waals surface area contributed by atoms with Crippen molar-refractivity contribution in [1.29, 1.82) is 0 Å². The van der Waals surface area contributed by atoms with Crippen molar-refractivity contribution in [2.45, 2.75) is 0 Å². The van der Waals surface area contributed by atoms with Crippen molar-refractivity contribution in [3.05, 3.63) is 0 Å². The van der Waals surface area contributed by atoms with Crippen LogP contribution in [0.25, 0.3) is 0 Å². The molecule has 0 unspecified atom stereocenters. The fourth-order valence-electron chi connectivity index (χ4n) is 0.0481. The maximum absolute atomic E-state index is 9.22. The molecule has 0 aliphatic rings. The van der Waals surface area contributed by atoms with E-state index in [-0.39, 0.29) is 29.6 Å². The van der Waals surface area contributed by atoms with E-state index >= 15 is 0 Å². The van der Waals surface area contributed by atoms with Crippen molar-refractivity contribution in [1.82, 2.24) is 0 Å². The average molecular weight is 148 g/mol. The molecule has 0 bridgehead atoms. The summed E-state index contributed by atoms with van der Waals surface area (Å²) in [4.78, 5) is 9.02. The van der Waals surface area contributed by atoms with Gasteiger partial charge in [0.2, 0.25) is 0 Å². The third-order valence-corrected chi connectivity index (χ3v) is 0.471. The minimum atomic E-state index is -4.79. The molecule has 0 atom stereocenters. The summed E-state index contributed by atoms with van der Waals surface area (Å²) in [5.74, 6) is 0. The van der Waals surface area contributed by atoms with Crippen LogP contribution in [0.5, 0.6) is 0 Å². The van der Waals surface area contributed by atoms with Crippen LogP contribution in [-0.4, -0.2) is 19.4 Å². The first-order valence-electron chi connectivity index (χ1n) is 1.14. The normalized spacial score (nSPS) is 9.12.